The molecule has 1 aromatic carbocycles. The molecule has 1 amide bonds. The quantitative estimate of drug-likeness (QED) is 0.720. The van der Waals surface area contributed by atoms with Gasteiger partial charge in [0.05, 0.1) is 31.1 Å². The van der Waals surface area contributed by atoms with E-state index < -0.39 is 0 Å². The molecule has 0 saturated carbocycles. The Morgan fingerprint density at radius 3 is 2.77 bits per heavy atom. The second-order valence-electron chi connectivity index (χ2n) is 6.45. The summed E-state index contributed by atoms with van der Waals surface area (Å²) in [7, 11) is 3.43. The average molecular weight is 352 g/mol. The highest BCUT2D eigenvalue weighted by atomic mass is 16.5. The maximum absolute atomic E-state index is 12.7. The van der Waals surface area contributed by atoms with Gasteiger partial charge in [0.25, 0.3) is 5.91 Å². The number of aryl methyl sites for hydroxylation is 2. The second-order valence-corrected chi connectivity index (χ2v) is 6.45. The number of likely N-dealkylation sites (tertiary alicyclic amines) is 1. The Labute approximate surface area is 151 Å². The molecule has 26 heavy (non-hydrogen) atoms. The first-order valence-electron chi connectivity index (χ1n) is 8.44. The van der Waals surface area contributed by atoms with Crippen LogP contribution in [0.3, 0.4) is 0 Å². The van der Waals surface area contributed by atoms with Crippen molar-refractivity contribution in [2.45, 2.75) is 13.0 Å². The van der Waals surface area contributed by atoms with Gasteiger partial charge >= 0.3 is 0 Å². The Kier molecular flexibility index (Phi) is 3.99. The molecule has 7 heteroatoms. The van der Waals surface area contributed by atoms with E-state index in [1.807, 2.05) is 38.2 Å². The zero-order valence-corrected chi connectivity index (χ0v) is 15.0. The summed E-state index contributed by atoms with van der Waals surface area (Å²) < 4.78 is 12.9. The Hall–Kier alpha value is -3.09. The molecule has 3 heterocycles. The minimum atomic E-state index is -0.0118. The number of hydrogen-bond donors (Lipinski definition) is 0. The number of nitrogens with zero attached hydrogens (tertiary/aromatic N) is 4. The predicted octanol–water partition coefficient (Wildman–Crippen LogP) is 2.19. The smallest absolute Gasteiger partial charge is 0.254 e. The van der Waals surface area contributed by atoms with Crippen LogP contribution >= 0.6 is 0 Å². The molecular formula is C19H20N4O3. The minimum Gasteiger partial charge on any atom is -0.487 e. The standard InChI is InChI=1S/C19H20N4O3/c1-12-8-14(6-7-20-12)26-15-10-23(11-15)18(24)13-4-5-16-17(9-13)21-22(2)19(16)25-3/h4-9,15H,10-11H2,1-3H3. The van der Waals surface area contributed by atoms with Crippen molar-refractivity contribution < 1.29 is 14.3 Å². The summed E-state index contributed by atoms with van der Waals surface area (Å²) in [5, 5.41) is 5.29. The van der Waals surface area contributed by atoms with Crippen LogP contribution in [0.2, 0.25) is 0 Å². The molecule has 0 bridgehead atoms. The van der Waals surface area contributed by atoms with Crippen molar-refractivity contribution in [2.75, 3.05) is 20.2 Å². The monoisotopic (exact) mass is 352 g/mol. The molecule has 7 nitrogen and oxygen atoms in total. The Morgan fingerprint density at radius 1 is 1.23 bits per heavy atom. The van der Waals surface area contributed by atoms with E-state index in [4.69, 9.17) is 9.47 Å². The highest BCUT2D eigenvalue weighted by Crippen LogP contribution is 2.27. The first kappa shape index (κ1) is 16.4. The predicted molar refractivity (Wildman–Crippen MR) is 96.6 cm³/mol. The van der Waals surface area contributed by atoms with Crippen molar-refractivity contribution in [1.29, 1.82) is 0 Å². The number of benzene rings is 1. The van der Waals surface area contributed by atoms with Gasteiger partial charge in [-0.2, -0.15) is 5.10 Å². The van der Waals surface area contributed by atoms with E-state index in [1.54, 1.807) is 29.0 Å². The fraction of sp³-hybridized carbons (Fsp3) is 0.316. The van der Waals surface area contributed by atoms with Crippen molar-refractivity contribution in [3.05, 3.63) is 47.8 Å². The van der Waals surface area contributed by atoms with Crippen LogP contribution in [-0.4, -0.2) is 51.9 Å². The van der Waals surface area contributed by atoms with Gasteiger partial charge in [-0.15, -0.1) is 0 Å². The molecule has 2 aromatic heterocycles. The van der Waals surface area contributed by atoms with Crippen molar-refractivity contribution in [1.82, 2.24) is 19.7 Å². The topological polar surface area (TPSA) is 69.5 Å². The highest BCUT2D eigenvalue weighted by Gasteiger charge is 2.33. The van der Waals surface area contributed by atoms with Crippen molar-refractivity contribution in [3.63, 3.8) is 0 Å². The van der Waals surface area contributed by atoms with Gasteiger partial charge in [-0.05, 0) is 31.2 Å². The van der Waals surface area contributed by atoms with Gasteiger partial charge in [-0.1, -0.05) is 0 Å². The molecule has 0 radical (unpaired) electrons. The van der Waals surface area contributed by atoms with Crippen LogP contribution < -0.4 is 9.47 Å². The summed E-state index contributed by atoms with van der Waals surface area (Å²) in [6, 6.07) is 9.23. The number of methoxy groups -OCH3 is 1. The van der Waals surface area contributed by atoms with Crippen LogP contribution in [0.5, 0.6) is 11.6 Å². The molecule has 3 aromatic rings. The SMILES string of the molecule is COc1c2ccc(C(=O)N3CC(Oc4ccnc(C)c4)C3)cc2nn1C. The van der Waals surface area contributed by atoms with E-state index in [2.05, 4.69) is 10.1 Å². The molecule has 1 aliphatic rings. The molecule has 0 atom stereocenters. The summed E-state index contributed by atoms with van der Waals surface area (Å²) >= 11 is 0. The number of hydrogen-bond acceptors (Lipinski definition) is 5. The van der Waals surface area contributed by atoms with Gasteiger partial charge in [-0.3, -0.25) is 9.78 Å². The number of pyridine rings is 1. The molecule has 134 valence electrons. The van der Waals surface area contributed by atoms with E-state index in [0.29, 0.717) is 24.5 Å². The first-order chi connectivity index (χ1) is 12.5. The average Bonchev–Trinajstić information content (AvgIpc) is 2.91. The van der Waals surface area contributed by atoms with Crippen molar-refractivity contribution in [2.24, 2.45) is 7.05 Å². The van der Waals surface area contributed by atoms with E-state index in [9.17, 15) is 4.79 Å². The number of fused-ring (bicyclic) bond motifs is 1. The lowest BCUT2D eigenvalue weighted by atomic mass is 10.1. The second kappa shape index (κ2) is 6.33. The molecule has 1 saturated heterocycles. The lowest BCUT2D eigenvalue weighted by Gasteiger charge is -2.39. The van der Waals surface area contributed by atoms with E-state index in [-0.39, 0.29) is 12.0 Å². The lowest BCUT2D eigenvalue weighted by Crippen LogP contribution is -2.56. The minimum absolute atomic E-state index is 0.0118. The van der Waals surface area contributed by atoms with Gasteiger partial charge < -0.3 is 14.4 Å². The van der Waals surface area contributed by atoms with Crippen LogP contribution in [0.1, 0.15) is 16.1 Å². The summed E-state index contributed by atoms with van der Waals surface area (Å²) in [6.45, 7) is 3.07. The number of carbonyl (C=O) groups excluding carboxylic acids is 1. The Bertz CT molecular complexity index is 976. The summed E-state index contributed by atoms with van der Waals surface area (Å²) in [5.74, 6) is 1.46. The third-order valence-electron chi connectivity index (χ3n) is 4.53. The van der Waals surface area contributed by atoms with Crippen LogP contribution in [0, 0.1) is 6.92 Å². The van der Waals surface area contributed by atoms with E-state index in [1.165, 1.54) is 0 Å². The zero-order chi connectivity index (χ0) is 18.3. The molecule has 4 rings (SSSR count). The van der Waals surface area contributed by atoms with Gasteiger partial charge in [0, 0.05) is 30.6 Å². The molecule has 0 spiro atoms. The maximum Gasteiger partial charge on any atom is 0.254 e. The van der Waals surface area contributed by atoms with Crippen LogP contribution in [-0.2, 0) is 7.05 Å². The van der Waals surface area contributed by atoms with Gasteiger partial charge in [-0.25, -0.2) is 4.68 Å². The fourth-order valence-electron chi connectivity index (χ4n) is 3.20. The summed E-state index contributed by atoms with van der Waals surface area (Å²) in [6.07, 6.45) is 1.74. The van der Waals surface area contributed by atoms with Gasteiger partial charge in [0.15, 0.2) is 0 Å². The Balaban J connectivity index is 1.43. The number of carbonyl (C=O) groups is 1. The van der Waals surface area contributed by atoms with Crippen LogP contribution in [0.4, 0.5) is 0 Å². The van der Waals surface area contributed by atoms with Crippen molar-refractivity contribution >= 4 is 16.8 Å². The Morgan fingerprint density at radius 2 is 2.04 bits per heavy atom. The van der Waals surface area contributed by atoms with Gasteiger partial charge in [0.2, 0.25) is 5.88 Å². The lowest BCUT2D eigenvalue weighted by molar-refractivity contribution is 0.0177. The third-order valence-corrected chi connectivity index (χ3v) is 4.53. The molecule has 1 aliphatic heterocycles. The number of amides is 1. The molecule has 0 aliphatic carbocycles. The van der Waals surface area contributed by atoms with E-state index >= 15 is 0 Å². The molecule has 1 fully saturated rings. The van der Waals surface area contributed by atoms with Gasteiger partial charge in [0.1, 0.15) is 11.9 Å². The summed E-state index contributed by atoms with van der Waals surface area (Å²) in [5.41, 5.74) is 2.28. The third kappa shape index (κ3) is 2.85. The number of rotatable bonds is 4. The maximum atomic E-state index is 12.7. The normalized spacial score (nSPS) is 14.3. The number of aromatic nitrogens is 3. The number of ether oxygens (including phenoxy) is 2. The first-order valence-corrected chi connectivity index (χ1v) is 8.44. The highest BCUT2D eigenvalue weighted by molar-refractivity contribution is 5.99. The largest absolute Gasteiger partial charge is 0.487 e. The van der Waals surface area contributed by atoms with Crippen LogP contribution in [0.15, 0.2) is 36.5 Å². The zero-order valence-electron chi connectivity index (χ0n) is 15.0. The molecule has 0 unspecified atom stereocenters. The van der Waals surface area contributed by atoms with Crippen LogP contribution in [0.25, 0.3) is 10.9 Å². The summed E-state index contributed by atoms with van der Waals surface area (Å²) in [4.78, 5) is 18.6. The fourth-order valence-corrected chi connectivity index (χ4v) is 3.20. The molecular weight excluding hydrogens is 332 g/mol. The van der Waals surface area contributed by atoms with Crippen molar-refractivity contribution in [3.8, 4) is 11.6 Å². The van der Waals surface area contributed by atoms with E-state index in [0.717, 1.165) is 22.3 Å². The molecule has 0 N–H and O–H groups in total.